The molecule has 2 aromatic rings. The average Bonchev–Trinajstić information content (AvgIpc) is 3.19. The van der Waals surface area contributed by atoms with Gasteiger partial charge in [0.1, 0.15) is 5.75 Å². The van der Waals surface area contributed by atoms with Gasteiger partial charge in [-0.3, -0.25) is 14.3 Å². The zero-order chi connectivity index (χ0) is 21.6. The van der Waals surface area contributed by atoms with Crippen LogP contribution in [0.2, 0.25) is 0 Å². The van der Waals surface area contributed by atoms with Crippen molar-refractivity contribution in [1.29, 1.82) is 0 Å². The van der Waals surface area contributed by atoms with Crippen LogP contribution in [-0.4, -0.2) is 52.7 Å². The molecule has 0 bridgehead atoms. The van der Waals surface area contributed by atoms with E-state index in [1.807, 2.05) is 34.7 Å². The molecule has 0 radical (unpaired) electrons. The number of hydrogen-bond acceptors (Lipinski definition) is 4. The molecule has 1 aromatic carbocycles. The van der Waals surface area contributed by atoms with E-state index in [-0.39, 0.29) is 11.8 Å². The number of carbonyl (C=O) groups is 2. The zero-order valence-corrected chi connectivity index (χ0v) is 18.3. The first kappa shape index (κ1) is 21.4. The van der Waals surface area contributed by atoms with Gasteiger partial charge in [0.2, 0.25) is 11.8 Å². The van der Waals surface area contributed by atoms with Crippen LogP contribution >= 0.6 is 0 Å². The van der Waals surface area contributed by atoms with Gasteiger partial charge in [-0.15, -0.1) is 0 Å². The molecule has 7 heteroatoms. The maximum Gasteiger partial charge on any atom is 0.226 e. The van der Waals surface area contributed by atoms with Crippen molar-refractivity contribution < 1.29 is 14.3 Å². The van der Waals surface area contributed by atoms with Crippen LogP contribution in [0, 0.1) is 12.8 Å². The van der Waals surface area contributed by atoms with Gasteiger partial charge in [-0.05, 0) is 61.8 Å². The van der Waals surface area contributed by atoms with Crippen molar-refractivity contribution in [3.8, 4) is 5.75 Å². The van der Waals surface area contributed by atoms with Gasteiger partial charge in [0, 0.05) is 37.9 Å². The van der Waals surface area contributed by atoms with Crippen LogP contribution in [0.3, 0.4) is 0 Å². The van der Waals surface area contributed by atoms with E-state index in [0.29, 0.717) is 31.8 Å². The molecule has 4 rings (SSSR count). The Labute approximate surface area is 183 Å². The fourth-order valence-corrected chi connectivity index (χ4v) is 4.47. The van der Waals surface area contributed by atoms with Crippen molar-refractivity contribution in [3.63, 3.8) is 0 Å². The van der Waals surface area contributed by atoms with E-state index in [2.05, 4.69) is 16.5 Å². The van der Waals surface area contributed by atoms with Crippen molar-refractivity contribution in [3.05, 3.63) is 47.3 Å². The largest absolute Gasteiger partial charge is 0.493 e. The monoisotopic (exact) mass is 424 g/mol. The van der Waals surface area contributed by atoms with Crippen molar-refractivity contribution in [1.82, 2.24) is 20.0 Å². The molecule has 0 saturated carbocycles. The third-order valence-corrected chi connectivity index (χ3v) is 6.34. The number of nitrogens with one attached hydrogen (secondary N) is 1. The maximum absolute atomic E-state index is 12.8. The molecule has 2 aliphatic rings. The van der Waals surface area contributed by atoms with E-state index in [9.17, 15) is 9.59 Å². The first-order valence-electron chi connectivity index (χ1n) is 11.4. The molecular formula is C24H32N4O3. The minimum Gasteiger partial charge on any atom is -0.493 e. The van der Waals surface area contributed by atoms with E-state index in [1.54, 1.807) is 6.20 Å². The van der Waals surface area contributed by atoms with Crippen LogP contribution in [0.1, 0.15) is 42.5 Å². The Morgan fingerprint density at radius 2 is 2.06 bits per heavy atom. The van der Waals surface area contributed by atoms with Gasteiger partial charge < -0.3 is 15.0 Å². The molecule has 0 spiro atoms. The molecule has 1 aromatic heterocycles. The molecule has 1 fully saturated rings. The van der Waals surface area contributed by atoms with Gasteiger partial charge in [-0.25, -0.2) is 0 Å². The SMILES string of the molecule is Cc1ccnn1CCNC(=O)CC1CCN(C(=O)Cc2ccc3c(c2)CCCO3)CC1. The third kappa shape index (κ3) is 5.66. The summed E-state index contributed by atoms with van der Waals surface area (Å²) >= 11 is 0. The molecule has 3 heterocycles. The molecule has 2 aliphatic heterocycles. The standard InChI is InChI=1S/C24H32N4O3/c1-18-6-9-26-28(18)13-10-25-23(29)16-19-7-11-27(12-8-19)24(30)17-20-4-5-22-21(15-20)3-2-14-31-22/h4-6,9,15,19H,2-3,7-8,10-14,16-17H2,1H3,(H,25,29). The summed E-state index contributed by atoms with van der Waals surface area (Å²) in [4.78, 5) is 27.0. The summed E-state index contributed by atoms with van der Waals surface area (Å²) in [5.74, 6) is 1.57. The number of hydrogen-bond donors (Lipinski definition) is 1. The van der Waals surface area contributed by atoms with Crippen molar-refractivity contribution in [2.45, 2.75) is 52.0 Å². The first-order chi connectivity index (χ1) is 15.1. The number of nitrogens with zero attached hydrogens (tertiary/aromatic N) is 3. The van der Waals surface area contributed by atoms with Crippen LogP contribution in [0.5, 0.6) is 5.75 Å². The number of benzene rings is 1. The summed E-state index contributed by atoms with van der Waals surface area (Å²) in [5, 5.41) is 7.22. The number of amides is 2. The average molecular weight is 425 g/mol. The van der Waals surface area contributed by atoms with Gasteiger partial charge in [0.25, 0.3) is 0 Å². The fourth-order valence-electron chi connectivity index (χ4n) is 4.47. The van der Waals surface area contributed by atoms with Crippen LogP contribution in [0.4, 0.5) is 0 Å². The van der Waals surface area contributed by atoms with E-state index in [0.717, 1.165) is 62.4 Å². The highest BCUT2D eigenvalue weighted by Crippen LogP contribution is 2.26. The minimum absolute atomic E-state index is 0.0888. The van der Waals surface area contributed by atoms with E-state index in [4.69, 9.17) is 4.74 Å². The van der Waals surface area contributed by atoms with Crippen LogP contribution in [-0.2, 0) is 29.0 Å². The topological polar surface area (TPSA) is 76.5 Å². The molecule has 31 heavy (non-hydrogen) atoms. The summed E-state index contributed by atoms with van der Waals surface area (Å²) in [5.41, 5.74) is 3.36. The Bertz CT molecular complexity index is 915. The number of ether oxygens (including phenoxy) is 1. The molecule has 0 unspecified atom stereocenters. The lowest BCUT2D eigenvalue weighted by atomic mass is 9.92. The zero-order valence-electron chi connectivity index (χ0n) is 18.3. The lowest BCUT2D eigenvalue weighted by molar-refractivity contribution is -0.132. The lowest BCUT2D eigenvalue weighted by Gasteiger charge is -2.32. The van der Waals surface area contributed by atoms with E-state index in [1.165, 1.54) is 5.56 Å². The van der Waals surface area contributed by atoms with Gasteiger partial charge in [-0.1, -0.05) is 12.1 Å². The van der Waals surface area contributed by atoms with E-state index < -0.39 is 0 Å². The van der Waals surface area contributed by atoms with Gasteiger partial charge >= 0.3 is 0 Å². The van der Waals surface area contributed by atoms with Gasteiger partial charge in [0.15, 0.2) is 0 Å². The molecule has 1 saturated heterocycles. The summed E-state index contributed by atoms with van der Waals surface area (Å²) in [7, 11) is 0. The smallest absolute Gasteiger partial charge is 0.226 e. The number of piperidine rings is 1. The number of carbonyl (C=O) groups excluding carboxylic acids is 2. The summed E-state index contributed by atoms with van der Waals surface area (Å²) in [6, 6.07) is 8.07. The second-order valence-corrected chi connectivity index (χ2v) is 8.64. The predicted molar refractivity (Wildman–Crippen MR) is 118 cm³/mol. The van der Waals surface area contributed by atoms with Crippen LogP contribution in [0.25, 0.3) is 0 Å². The number of aryl methyl sites for hydroxylation is 2. The normalized spacial score (nSPS) is 16.5. The van der Waals surface area contributed by atoms with Gasteiger partial charge in [-0.2, -0.15) is 5.10 Å². The third-order valence-electron chi connectivity index (χ3n) is 6.34. The highest BCUT2D eigenvalue weighted by Gasteiger charge is 2.24. The Morgan fingerprint density at radius 1 is 1.23 bits per heavy atom. The maximum atomic E-state index is 12.8. The number of fused-ring (bicyclic) bond motifs is 1. The van der Waals surface area contributed by atoms with Crippen LogP contribution in [0.15, 0.2) is 30.5 Å². The number of likely N-dealkylation sites (tertiary alicyclic amines) is 1. The highest BCUT2D eigenvalue weighted by atomic mass is 16.5. The Hall–Kier alpha value is -2.83. The summed E-state index contributed by atoms with van der Waals surface area (Å²) in [6.45, 7) is 5.53. The number of rotatable bonds is 7. The number of aromatic nitrogens is 2. The van der Waals surface area contributed by atoms with Crippen molar-refractivity contribution in [2.75, 3.05) is 26.2 Å². The highest BCUT2D eigenvalue weighted by molar-refractivity contribution is 5.79. The van der Waals surface area contributed by atoms with E-state index >= 15 is 0 Å². The summed E-state index contributed by atoms with van der Waals surface area (Å²) in [6.07, 6.45) is 6.56. The molecule has 2 amide bonds. The Balaban J connectivity index is 1.17. The fraction of sp³-hybridized carbons (Fsp3) is 0.542. The quantitative estimate of drug-likeness (QED) is 0.741. The summed E-state index contributed by atoms with van der Waals surface area (Å²) < 4.78 is 7.55. The molecule has 0 aliphatic carbocycles. The second kappa shape index (κ2) is 9.98. The Kier molecular flexibility index (Phi) is 6.89. The molecule has 0 atom stereocenters. The molecule has 7 nitrogen and oxygen atoms in total. The molecule has 1 N–H and O–H groups in total. The first-order valence-corrected chi connectivity index (χ1v) is 11.4. The lowest BCUT2D eigenvalue weighted by Crippen LogP contribution is -2.40. The molecule has 166 valence electrons. The van der Waals surface area contributed by atoms with Crippen molar-refractivity contribution in [2.24, 2.45) is 5.92 Å². The Morgan fingerprint density at radius 3 is 2.84 bits per heavy atom. The van der Waals surface area contributed by atoms with Gasteiger partial charge in [0.05, 0.1) is 19.6 Å². The molecular weight excluding hydrogens is 392 g/mol. The van der Waals surface area contributed by atoms with Crippen LogP contribution < -0.4 is 10.1 Å². The second-order valence-electron chi connectivity index (χ2n) is 8.64. The predicted octanol–water partition coefficient (Wildman–Crippen LogP) is 2.50. The van der Waals surface area contributed by atoms with Crippen molar-refractivity contribution >= 4 is 11.8 Å². The minimum atomic E-state index is 0.0888.